The molecule has 2 aromatic carbocycles. The van der Waals surface area contributed by atoms with Crippen molar-refractivity contribution in [1.82, 2.24) is 10.2 Å². The zero-order valence-corrected chi connectivity index (χ0v) is 16.2. The molecule has 1 saturated heterocycles. The van der Waals surface area contributed by atoms with Gasteiger partial charge in [0.25, 0.3) is 0 Å². The van der Waals surface area contributed by atoms with Crippen molar-refractivity contribution in [2.75, 3.05) is 38.1 Å². The number of primary sulfonamides is 1. The number of benzene rings is 2. The van der Waals surface area contributed by atoms with Gasteiger partial charge in [-0.1, -0.05) is 30.3 Å². The summed E-state index contributed by atoms with van der Waals surface area (Å²) < 4.78 is 23.0. The molecule has 0 bridgehead atoms. The van der Waals surface area contributed by atoms with E-state index in [0.717, 1.165) is 37.7 Å². The Morgan fingerprint density at radius 2 is 1.78 bits per heavy atom. The number of rotatable bonds is 4. The Morgan fingerprint density at radius 1 is 1.07 bits per heavy atom. The van der Waals surface area contributed by atoms with E-state index in [1.54, 1.807) is 19.2 Å². The van der Waals surface area contributed by atoms with Gasteiger partial charge in [-0.2, -0.15) is 0 Å². The third-order valence-corrected chi connectivity index (χ3v) is 5.50. The van der Waals surface area contributed by atoms with Crippen molar-refractivity contribution in [3.63, 3.8) is 0 Å². The summed E-state index contributed by atoms with van der Waals surface area (Å²) in [4.78, 5) is 9.06. The van der Waals surface area contributed by atoms with Crippen molar-refractivity contribution in [1.29, 1.82) is 0 Å². The van der Waals surface area contributed by atoms with E-state index in [-0.39, 0.29) is 4.90 Å². The van der Waals surface area contributed by atoms with Crippen LogP contribution in [-0.2, 0) is 16.6 Å². The quantitative estimate of drug-likeness (QED) is 0.608. The van der Waals surface area contributed by atoms with Crippen molar-refractivity contribution in [2.45, 2.75) is 11.4 Å². The average molecular weight is 388 g/mol. The van der Waals surface area contributed by atoms with Crippen molar-refractivity contribution < 1.29 is 8.42 Å². The molecule has 1 aliphatic heterocycles. The molecule has 0 unspecified atom stereocenters. The van der Waals surface area contributed by atoms with Crippen LogP contribution in [0.4, 0.5) is 5.69 Å². The molecule has 2 aromatic rings. The van der Waals surface area contributed by atoms with Gasteiger partial charge in [0.2, 0.25) is 10.0 Å². The summed E-state index contributed by atoms with van der Waals surface area (Å²) in [5.41, 5.74) is 2.07. The molecule has 7 nitrogen and oxygen atoms in total. The lowest BCUT2D eigenvalue weighted by Crippen LogP contribution is -2.52. The van der Waals surface area contributed by atoms with Gasteiger partial charge >= 0.3 is 0 Å². The van der Waals surface area contributed by atoms with Gasteiger partial charge in [0, 0.05) is 45.5 Å². The molecule has 0 atom stereocenters. The Balaban J connectivity index is 1.58. The zero-order valence-electron chi connectivity index (χ0n) is 15.4. The lowest BCUT2D eigenvalue weighted by atomic mass is 10.2. The number of para-hydroxylation sites is 1. The maximum Gasteiger partial charge on any atom is 0.238 e. The smallest absolute Gasteiger partial charge is 0.238 e. The van der Waals surface area contributed by atoms with E-state index < -0.39 is 10.0 Å². The standard InChI is InChI=1S/C19H25N5O2S/c1-21-19(22-15-16-6-5-9-18(14-16)27(20,25)26)24-12-10-23(11-13-24)17-7-3-2-4-8-17/h2-9,14H,10-13,15H2,1H3,(H,21,22)(H2,20,25,26). The van der Waals surface area contributed by atoms with Gasteiger partial charge in [-0.25, -0.2) is 13.6 Å². The average Bonchev–Trinajstić information content (AvgIpc) is 2.69. The summed E-state index contributed by atoms with van der Waals surface area (Å²) in [6.07, 6.45) is 0. The van der Waals surface area contributed by atoms with Crippen LogP contribution >= 0.6 is 0 Å². The fourth-order valence-corrected chi connectivity index (χ4v) is 3.74. The maximum absolute atomic E-state index is 11.5. The fourth-order valence-electron chi connectivity index (χ4n) is 3.16. The van der Waals surface area contributed by atoms with E-state index >= 15 is 0 Å². The lowest BCUT2D eigenvalue weighted by Gasteiger charge is -2.37. The number of nitrogens with one attached hydrogen (secondary N) is 1. The number of hydrogen-bond acceptors (Lipinski definition) is 4. The molecule has 27 heavy (non-hydrogen) atoms. The van der Waals surface area contributed by atoms with Gasteiger partial charge in [0.15, 0.2) is 5.96 Å². The van der Waals surface area contributed by atoms with Crippen molar-refractivity contribution in [3.05, 3.63) is 60.2 Å². The molecule has 1 aliphatic rings. The molecule has 0 spiro atoms. The van der Waals surface area contributed by atoms with Crippen LogP contribution < -0.4 is 15.4 Å². The second kappa shape index (κ2) is 8.41. The second-order valence-electron chi connectivity index (χ2n) is 6.40. The number of sulfonamides is 1. The predicted molar refractivity (Wildman–Crippen MR) is 108 cm³/mol. The van der Waals surface area contributed by atoms with E-state index in [9.17, 15) is 8.42 Å². The first-order chi connectivity index (χ1) is 13.0. The molecule has 0 aromatic heterocycles. The highest BCUT2D eigenvalue weighted by molar-refractivity contribution is 7.89. The van der Waals surface area contributed by atoms with Gasteiger partial charge < -0.3 is 15.1 Å². The highest BCUT2D eigenvalue weighted by Gasteiger charge is 2.19. The Kier molecular flexibility index (Phi) is 5.98. The van der Waals surface area contributed by atoms with Gasteiger partial charge in [-0.05, 0) is 29.8 Å². The number of aliphatic imine (C=N–C) groups is 1. The van der Waals surface area contributed by atoms with E-state index in [4.69, 9.17) is 5.14 Å². The highest BCUT2D eigenvalue weighted by Crippen LogP contribution is 2.16. The van der Waals surface area contributed by atoms with Crippen LogP contribution in [-0.4, -0.2) is 52.5 Å². The lowest BCUT2D eigenvalue weighted by molar-refractivity contribution is 0.372. The van der Waals surface area contributed by atoms with E-state index in [0.29, 0.717) is 6.54 Å². The van der Waals surface area contributed by atoms with E-state index in [1.165, 1.54) is 11.8 Å². The molecule has 144 valence electrons. The first-order valence-corrected chi connectivity index (χ1v) is 10.4. The van der Waals surface area contributed by atoms with Gasteiger partial charge in [0.1, 0.15) is 0 Å². The minimum Gasteiger partial charge on any atom is -0.368 e. The SMILES string of the molecule is CN=C(NCc1cccc(S(N)(=O)=O)c1)N1CCN(c2ccccc2)CC1. The normalized spacial score (nSPS) is 15.7. The second-order valence-corrected chi connectivity index (χ2v) is 7.96. The molecule has 0 aliphatic carbocycles. The Bertz CT molecular complexity index is 891. The van der Waals surface area contributed by atoms with Gasteiger partial charge in [0.05, 0.1) is 4.90 Å². The third kappa shape index (κ3) is 4.99. The Morgan fingerprint density at radius 3 is 2.41 bits per heavy atom. The van der Waals surface area contributed by atoms with Crippen LogP contribution in [0.25, 0.3) is 0 Å². The minimum atomic E-state index is -3.70. The highest BCUT2D eigenvalue weighted by atomic mass is 32.2. The van der Waals surface area contributed by atoms with Crippen LogP contribution in [0.1, 0.15) is 5.56 Å². The molecule has 8 heteroatoms. The summed E-state index contributed by atoms with van der Waals surface area (Å²) in [6.45, 7) is 4.06. The van der Waals surface area contributed by atoms with E-state index in [1.807, 2.05) is 12.1 Å². The molecule has 0 radical (unpaired) electrons. The van der Waals surface area contributed by atoms with Gasteiger partial charge in [-0.15, -0.1) is 0 Å². The summed E-state index contributed by atoms with van der Waals surface area (Å²) in [6, 6.07) is 17.0. The summed E-state index contributed by atoms with van der Waals surface area (Å²) >= 11 is 0. The predicted octanol–water partition coefficient (Wildman–Crippen LogP) is 1.23. The molecular formula is C19H25N5O2S. The number of anilines is 1. The van der Waals surface area contributed by atoms with Crippen LogP contribution in [0, 0.1) is 0 Å². The topological polar surface area (TPSA) is 91.0 Å². The number of hydrogen-bond donors (Lipinski definition) is 2. The molecule has 1 fully saturated rings. The Labute approximate surface area is 160 Å². The molecule has 1 heterocycles. The van der Waals surface area contributed by atoms with Gasteiger partial charge in [-0.3, -0.25) is 4.99 Å². The minimum absolute atomic E-state index is 0.119. The van der Waals surface area contributed by atoms with Crippen LogP contribution in [0.15, 0.2) is 64.5 Å². The van der Waals surface area contributed by atoms with Crippen molar-refractivity contribution >= 4 is 21.7 Å². The van der Waals surface area contributed by atoms with Crippen molar-refractivity contribution in [3.8, 4) is 0 Å². The monoisotopic (exact) mass is 387 g/mol. The fraction of sp³-hybridized carbons (Fsp3) is 0.316. The van der Waals surface area contributed by atoms with Crippen LogP contribution in [0.3, 0.4) is 0 Å². The number of piperazine rings is 1. The molecule has 3 N–H and O–H groups in total. The van der Waals surface area contributed by atoms with Crippen LogP contribution in [0.2, 0.25) is 0 Å². The van der Waals surface area contributed by atoms with Crippen molar-refractivity contribution in [2.24, 2.45) is 10.1 Å². The first-order valence-electron chi connectivity index (χ1n) is 8.85. The number of nitrogens with zero attached hydrogens (tertiary/aromatic N) is 3. The summed E-state index contributed by atoms with van der Waals surface area (Å²) in [7, 11) is -1.94. The largest absolute Gasteiger partial charge is 0.368 e. The third-order valence-electron chi connectivity index (χ3n) is 4.59. The van der Waals surface area contributed by atoms with E-state index in [2.05, 4.69) is 44.4 Å². The molecular weight excluding hydrogens is 362 g/mol. The number of guanidine groups is 1. The molecule has 3 rings (SSSR count). The first kappa shape index (κ1) is 19.2. The summed E-state index contributed by atoms with van der Waals surface area (Å²) in [5.74, 6) is 0.809. The molecule has 0 saturated carbocycles. The van der Waals surface area contributed by atoms with Crippen LogP contribution in [0.5, 0.6) is 0 Å². The maximum atomic E-state index is 11.5. The molecule has 0 amide bonds. The number of nitrogens with two attached hydrogens (primary N) is 1. The summed E-state index contributed by atoms with van der Waals surface area (Å²) in [5, 5.41) is 8.51. The Hall–Kier alpha value is -2.58. The zero-order chi connectivity index (χ0) is 19.3.